The summed E-state index contributed by atoms with van der Waals surface area (Å²) >= 11 is 0. The zero-order valence-corrected chi connectivity index (χ0v) is 34.1. The summed E-state index contributed by atoms with van der Waals surface area (Å²) in [7, 11) is 0. The number of esters is 1. The number of anilines is 1. The van der Waals surface area contributed by atoms with Crippen molar-refractivity contribution in [1.29, 1.82) is 0 Å². The van der Waals surface area contributed by atoms with Gasteiger partial charge in [0.1, 0.15) is 11.9 Å². The molecule has 0 amide bonds. The second-order valence-electron chi connectivity index (χ2n) is 20.9. The van der Waals surface area contributed by atoms with Crippen molar-refractivity contribution in [3.63, 3.8) is 0 Å². The summed E-state index contributed by atoms with van der Waals surface area (Å²) < 4.78 is 6.49. The number of ether oxygens (including phenoxy) is 1. The van der Waals surface area contributed by atoms with E-state index in [0.29, 0.717) is 36.3 Å². The number of carboxylic acids is 1. The highest BCUT2D eigenvalue weighted by atomic mass is 16.5. The summed E-state index contributed by atoms with van der Waals surface area (Å²) in [4.78, 5) is 43.8. The Morgan fingerprint density at radius 1 is 0.944 bits per heavy atom. The van der Waals surface area contributed by atoms with Crippen LogP contribution in [0.2, 0.25) is 0 Å². The molecule has 0 saturated heterocycles. The van der Waals surface area contributed by atoms with Crippen molar-refractivity contribution in [2.24, 2.45) is 67.5 Å². The van der Waals surface area contributed by atoms with Gasteiger partial charge in [-0.15, -0.1) is 0 Å². The minimum absolute atomic E-state index is 0.0366. The number of carbonyl (C=O) groups excluding carboxylic acids is 2. The minimum atomic E-state index is -0.820. The van der Waals surface area contributed by atoms with Gasteiger partial charge in [0.05, 0.1) is 11.8 Å². The number of nitrogens with two attached hydrogens (primary N) is 1. The molecule has 8 nitrogen and oxygen atoms in total. The minimum Gasteiger partial charge on any atom is -0.481 e. The molecule has 54 heavy (non-hydrogen) atoms. The summed E-state index contributed by atoms with van der Waals surface area (Å²) in [5.41, 5.74) is 8.97. The van der Waals surface area contributed by atoms with Gasteiger partial charge in [0.2, 0.25) is 0 Å². The lowest BCUT2D eigenvalue weighted by molar-refractivity contribution is -0.265. The molecular formula is C46H65N3O5. The summed E-state index contributed by atoms with van der Waals surface area (Å²) in [6, 6.07) is 3.88. The SMILES string of the molecule is CC(C)C1=C2C3CC[C@@H]4[C@@]5(C)CC[C@H](OC(=O)[C@H]6C[C@@H](C(=O)O)C6(C)C)[C@@]6(C)C=C[C@]65CC[C@@]4(C)[C@]3(C)CC[C@@]2(CCNCc2ccc(N)nc2)CC1=O. The second-order valence-corrected chi connectivity index (χ2v) is 20.9. The van der Waals surface area contributed by atoms with Gasteiger partial charge in [0.25, 0.3) is 0 Å². The van der Waals surface area contributed by atoms with Gasteiger partial charge in [-0.3, -0.25) is 14.4 Å². The number of hydrogen-bond donors (Lipinski definition) is 3. The van der Waals surface area contributed by atoms with E-state index < -0.39 is 17.3 Å². The van der Waals surface area contributed by atoms with Crippen LogP contribution in [0.3, 0.4) is 0 Å². The Labute approximate surface area is 322 Å². The number of hydrogen-bond acceptors (Lipinski definition) is 7. The summed E-state index contributed by atoms with van der Waals surface area (Å²) in [6.45, 7) is 20.1. The average Bonchev–Trinajstić information content (AvgIpc) is 3.40. The van der Waals surface area contributed by atoms with E-state index >= 15 is 0 Å². The molecule has 1 unspecified atom stereocenters. The first-order chi connectivity index (χ1) is 25.3. The van der Waals surface area contributed by atoms with Crippen molar-refractivity contribution in [2.75, 3.05) is 12.3 Å². The Morgan fingerprint density at radius 2 is 1.69 bits per heavy atom. The number of rotatable bonds is 9. The number of carboxylic acid groups (broad SMARTS) is 1. The lowest BCUT2D eigenvalue weighted by Gasteiger charge is -2.77. The maximum atomic E-state index is 14.1. The Bertz CT molecular complexity index is 1820. The van der Waals surface area contributed by atoms with Gasteiger partial charge < -0.3 is 20.9 Å². The normalized spacial score (nSPS) is 44.2. The van der Waals surface area contributed by atoms with Gasteiger partial charge in [0.15, 0.2) is 5.78 Å². The molecule has 8 heteroatoms. The highest BCUT2D eigenvalue weighted by molar-refractivity contribution is 6.00. The summed E-state index contributed by atoms with van der Waals surface area (Å²) in [5, 5.41) is 13.4. The van der Waals surface area contributed by atoms with E-state index in [4.69, 9.17) is 10.5 Å². The third-order valence-corrected chi connectivity index (χ3v) is 18.5. The summed E-state index contributed by atoms with van der Waals surface area (Å²) in [6.07, 6.45) is 17.1. The zero-order valence-electron chi connectivity index (χ0n) is 34.1. The van der Waals surface area contributed by atoms with Crippen molar-refractivity contribution in [2.45, 2.75) is 139 Å². The molecular weight excluding hydrogens is 675 g/mol. The van der Waals surface area contributed by atoms with Gasteiger partial charge in [0, 0.05) is 35.4 Å². The maximum absolute atomic E-state index is 14.1. The Kier molecular flexibility index (Phi) is 8.60. The maximum Gasteiger partial charge on any atom is 0.309 e. The predicted molar refractivity (Wildman–Crippen MR) is 210 cm³/mol. The van der Waals surface area contributed by atoms with Crippen molar-refractivity contribution in [3.8, 4) is 0 Å². The zero-order chi connectivity index (χ0) is 38.9. The first kappa shape index (κ1) is 37.9. The molecule has 7 aliphatic carbocycles. The number of allylic oxidation sites excluding steroid dienone is 3. The number of nitrogens with one attached hydrogen (secondary N) is 1. The van der Waals surface area contributed by atoms with E-state index in [2.05, 4.69) is 64.0 Å². The molecule has 5 saturated carbocycles. The smallest absolute Gasteiger partial charge is 0.309 e. The Morgan fingerprint density at radius 3 is 2.31 bits per heavy atom. The van der Waals surface area contributed by atoms with Crippen LogP contribution in [-0.4, -0.2) is 40.5 Å². The number of carbonyl (C=O) groups is 3. The van der Waals surface area contributed by atoms with Crippen LogP contribution in [-0.2, 0) is 25.7 Å². The van der Waals surface area contributed by atoms with Crippen LogP contribution in [0.15, 0.2) is 41.6 Å². The molecule has 11 atom stereocenters. The average molecular weight is 740 g/mol. The highest BCUT2D eigenvalue weighted by Gasteiger charge is 2.76. The standard InChI is InChI=1S/C46H65N3O5/c1-27(2)36-32(50)24-45(21-22-48-25-28-9-12-35(47)49-26-28)18-15-41(5)29(37(36)45)10-11-33-42(41,6)16-19-46-20-17-44(46,8)34(13-14-43(33,46)7)54-39(53)31-23-30(38(51)52)40(31,3)4/h9,12,17,20,26-27,29-31,33-34,48H,10-11,13-16,18-19,21-25H2,1-8H3,(H2,47,49)(H,51,52)/t29?,30-,31+,33-,34-,41+,42+,43+,44+,45+,46-/m0/s1. The number of nitrogens with zero attached hydrogens (tertiary/aromatic N) is 1. The third-order valence-electron chi connectivity index (χ3n) is 18.5. The molecule has 0 radical (unpaired) electrons. The van der Waals surface area contributed by atoms with Crippen LogP contribution in [0.25, 0.3) is 0 Å². The van der Waals surface area contributed by atoms with Crippen LogP contribution in [0.4, 0.5) is 5.82 Å². The number of ketones is 1. The van der Waals surface area contributed by atoms with E-state index in [1.165, 1.54) is 5.57 Å². The van der Waals surface area contributed by atoms with E-state index in [0.717, 1.165) is 82.0 Å². The molecule has 0 aromatic carbocycles. The second kappa shape index (κ2) is 12.2. The molecule has 0 bridgehead atoms. The molecule has 1 spiro atoms. The van der Waals surface area contributed by atoms with Crippen LogP contribution in [0.5, 0.6) is 0 Å². The predicted octanol–water partition coefficient (Wildman–Crippen LogP) is 8.70. The van der Waals surface area contributed by atoms with Crippen molar-refractivity contribution in [1.82, 2.24) is 10.3 Å². The number of fused-ring (bicyclic) bond motifs is 6. The van der Waals surface area contributed by atoms with Crippen molar-refractivity contribution in [3.05, 3.63) is 47.2 Å². The molecule has 4 N–H and O–H groups in total. The molecule has 0 aliphatic heterocycles. The lowest BCUT2D eigenvalue weighted by atomic mass is 9.27. The van der Waals surface area contributed by atoms with Gasteiger partial charge in [-0.05, 0) is 127 Å². The van der Waals surface area contributed by atoms with Gasteiger partial charge in [-0.1, -0.05) is 79.2 Å². The molecule has 294 valence electrons. The van der Waals surface area contributed by atoms with Gasteiger partial charge >= 0.3 is 11.9 Å². The number of pyridine rings is 1. The quantitative estimate of drug-likeness (QED) is 0.130. The fraction of sp³-hybridized carbons (Fsp3) is 0.739. The Hall–Kier alpha value is -3.00. The van der Waals surface area contributed by atoms with E-state index in [9.17, 15) is 19.5 Å². The number of aromatic nitrogens is 1. The first-order valence-electron chi connectivity index (χ1n) is 21.1. The largest absolute Gasteiger partial charge is 0.481 e. The number of nitrogen functional groups attached to an aromatic ring is 1. The molecule has 5 fully saturated rings. The first-order valence-corrected chi connectivity index (χ1v) is 21.1. The number of aliphatic carboxylic acids is 1. The van der Waals surface area contributed by atoms with Crippen LogP contribution < -0.4 is 11.1 Å². The fourth-order valence-electron chi connectivity index (χ4n) is 14.9. The van der Waals surface area contributed by atoms with Crippen LogP contribution in [0, 0.1) is 67.5 Å². The number of Topliss-reactive ketones (excluding diaryl/α,β-unsaturated/α-hetero) is 1. The lowest BCUT2D eigenvalue weighted by Crippen LogP contribution is -2.72. The molecule has 7 aliphatic rings. The van der Waals surface area contributed by atoms with Crippen LogP contribution >= 0.6 is 0 Å². The Balaban J connectivity index is 1.04. The molecule has 1 heterocycles. The van der Waals surface area contributed by atoms with E-state index in [1.54, 1.807) is 0 Å². The summed E-state index contributed by atoms with van der Waals surface area (Å²) in [5.74, 6) is 0.192. The third kappa shape index (κ3) is 4.82. The van der Waals surface area contributed by atoms with Gasteiger partial charge in [-0.25, -0.2) is 4.98 Å². The van der Waals surface area contributed by atoms with E-state index in [1.807, 2.05) is 32.2 Å². The van der Waals surface area contributed by atoms with Crippen molar-refractivity contribution < 1.29 is 24.2 Å². The van der Waals surface area contributed by atoms with E-state index in [-0.39, 0.29) is 56.4 Å². The topological polar surface area (TPSA) is 132 Å². The highest BCUT2D eigenvalue weighted by Crippen LogP contribution is 2.82. The fourth-order valence-corrected chi connectivity index (χ4v) is 14.9. The molecule has 1 aromatic rings. The monoisotopic (exact) mass is 739 g/mol. The van der Waals surface area contributed by atoms with Crippen LogP contribution in [0.1, 0.15) is 132 Å². The van der Waals surface area contributed by atoms with Gasteiger partial charge in [-0.2, -0.15) is 0 Å². The molecule has 8 rings (SSSR count). The molecule has 1 aromatic heterocycles. The van der Waals surface area contributed by atoms with Crippen molar-refractivity contribution >= 4 is 23.5 Å².